The Balaban J connectivity index is 2.25. The van der Waals surface area contributed by atoms with Crippen molar-refractivity contribution in [2.45, 2.75) is 32.7 Å². The third kappa shape index (κ3) is 1.61. The first kappa shape index (κ1) is 8.75. The standard InChI is InChI=1S/C10H17N3/c1-8-3-5-13-7-12-9(2-4-11)10(13)6-8/h7-8H,2-6,11H2,1H3. The van der Waals surface area contributed by atoms with Crippen LogP contribution in [0.25, 0.3) is 0 Å². The number of nitrogens with two attached hydrogens (primary N) is 1. The van der Waals surface area contributed by atoms with Gasteiger partial charge in [0.15, 0.2) is 0 Å². The molecule has 1 aromatic rings. The molecule has 3 nitrogen and oxygen atoms in total. The quantitative estimate of drug-likeness (QED) is 0.735. The Morgan fingerprint density at radius 3 is 3.31 bits per heavy atom. The van der Waals surface area contributed by atoms with Crippen molar-refractivity contribution in [2.75, 3.05) is 6.54 Å². The number of aryl methyl sites for hydroxylation is 1. The molecule has 0 radical (unpaired) electrons. The number of hydrogen-bond acceptors (Lipinski definition) is 2. The first-order chi connectivity index (χ1) is 6.31. The van der Waals surface area contributed by atoms with Crippen molar-refractivity contribution in [3.05, 3.63) is 17.7 Å². The van der Waals surface area contributed by atoms with Crippen LogP contribution >= 0.6 is 0 Å². The van der Waals surface area contributed by atoms with Gasteiger partial charge in [-0.3, -0.25) is 0 Å². The van der Waals surface area contributed by atoms with Gasteiger partial charge in [-0.1, -0.05) is 6.92 Å². The van der Waals surface area contributed by atoms with E-state index in [1.165, 1.54) is 24.2 Å². The molecule has 1 aromatic heterocycles. The van der Waals surface area contributed by atoms with E-state index in [0.717, 1.165) is 18.9 Å². The topological polar surface area (TPSA) is 43.8 Å². The highest BCUT2D eigenvalue weighted by molar-refractivity contribution is 5.16. The molecule has 0 amide bonds. The Bertz CT molecular complexity index is 290. The minimum absolute atomic E-state index is 0.707. The molecule has 0 bridgehead atoms. The fraction of sp³-hybridized carbons (Fsp3) is 0.700. The van der Waals surface area contributed by atoms with Gasteiger partial charge in [0.2, 0.25) is 0 Å². The maximum atomic E-state index is 5.54. The van der Waals surface area contributed by atoms with Crippen LogP contribution in [0.15, 0.2) is 6.33 Å². The molecular weight excluding hydrogens is 162 g/mol. The largest absolute Gasteiger partial charge is 0.334 e. The van der Waals surface area contributed by atoms with Gasteiger partial charge in [0.1, 0.15) is 0 Å². The van der Waals surface area contributed by atoms with E-state index in [1.807, 2.05) is 6.33 Å². The van der Waals surface area contributed by atoms with Crippen LogP contribution in [-0.4, -0.2) is 16.1 Å². The van der Waals surface area contributed by atoms with E-state index in [1.54, 1.807) is 0 Å². The number of imidazole rings is 1. The molecule has 1 atom stereocenters. The van der Waals surface area contributed by atoms with Gasteiger partial charge in [-0.25, -0.2) is 4.98 Å². The summed E-state index contributed by atoms with van der Waals surface area (Å²) in [4.78, 5) is 4.40. The second kappa shape index (κ2) is 3.50. The average Bonchev–Trinajstić information content (AvgIpc) is 2.49. The number of nitrogens with zero attached hydrogens (tertiary/aromatic N) is 2. The second-order valence-electron chi connectivity index (χ2n) is 3.97. The van der Waals surface area contributed by atoms with Crippen LogP contribution in [0.2, 0.25) is 0 Å². The monoisotopic (exact) mass is 179 g/mol. The Labute approximate surface area is 79.0 Å². The van der Waals surface area contributed by atoms with Crippen LogP contribution in [0.5, 0.6) is 0 Å². The Hall–Kier alpha value is -0.830. The molecule has 3 heteroatoms. The number of rotatable bonds is 2. The zero-order valence-electron chi connectivity index (χ0n) is 8.16. The Kier molecular flexibility index (Phi) is 2.36. The molecule has 0 aliphatic carbocycles. The minimum Gasteiger partial charge on any atom is -0.334 e. The van der Waals surface area contributed by atoms with Crippen LogP contribution in [0, 0.1) is 5.92 Å². The summed E-state index contributed by atoms with van der Waals surface area (Å²) in [5, 5.41) is 0. The highest BCUT2D eigenvalue weighted by atomic mass is 15.1. The number of hydrogen-bond donors (Lipinski definition) is 1. The van der Waals surface area contributed by atoms with E-state index in [0.29, 0.717) is 6.54 Å². The number of aromatic nitrogens is 2. The van der Waals surface area contributed by atoms with E-state index in [9.17, 15) is 0 Å². The highest BCUT2D eigenvalue weighted by Gasteiger charge is 2.18. The molecule has 2 heterocycles. The van der Waals surface area contributed by atoms with Crippen LogP contribution in [0.1, 0.15) is 24.7 Å². The van der Waals surface area contributed by atoms with Crippen LogP contribution in [0.4, 0.5) is 0 Å². The number of fused-ring (bicyclic) bond motifs is 1. The predicted molar refractivity (Wildman–Crippen MR) is 52.5 cm³/mol. The molecular formula is C10H17N3. The van der Waals surface area contributed by atoms with Gasteiger partial charge in [-0.05, 0) is 25.3 Å². The average molecular weight is 179 g/mol. The summed E-state index contributed by atoms with van der Waals surface area (Å²) in [7, 11) is 0. The highest BCUT2D eigenvalue weighted by Crippen LogP contribution is 2.22. The van der Waals surface area contributed by atoms with Gasteiger partial charge in [-0.15, -0.1) is 0 Å². The van der Waals surface area contributed by atoms with Gasteiger partial charge in [0.25, 0.3) is 0 Å². The van der Waals surface area contributed by atoms with Crippen molar-refractivity contribution in [1.29, 1.82) is 0 Å². The zero-order chi connectivity index (χ0) is 9.26. The van der Waals surface area contributed by atoms with Crippen LogP contribution in [-0.2, 0) is 19.4 Å². The first-order valence-electron chi connectivity index (χ1n) is 5.04. The summed E-state index contributed by atoms with van der Waals surface area (Å²) in [5.41, 5.74) is 8.18. The fourth-order valence-electron chi connectivity index (χ4n) is 2.01. The van der Waals surface area contributed by atoms with Crippen molar-refractivity contribution >= 4 is 0 Å². The molecule has 2 rings (SSSR count). The van der Waals surface area contributed by atoms with Crippen molar-refractivity contribution in [3.8, 4) is 0 Å². The summed E-state index contributed by atoms with van der Waals surface area (Å²) in [5.74, 6) is 0.806. The van der Waals surface area contributed by atoms with Gasteiger partial charge in [-0.2, -0.15) is 0 Å². The first-order valence-corrected chi connectivity index (χ1v) is 5.04. The lowest BCUT2D eigenvalue weighted by Gasteiger charge is -2.21. The van der Waals surface area contributed by atoms with Crippen LogP contribution < -0.4 is 5.73 Å². The second-order valence-corrected chi connectivity index (χ2v) is 3.97. The normalized spacial score (nSPS) is 21.5. The van der Waals surface area contributed by atoms with Crippen molar-refractivity contribution < 1.29 is 0 Å². The SMILES string of the molecule is CC1CCn2cnc(CCN)c2C1. The smallest absolute Gasteiger partial charge is 0.0951 e. The third-order valence-corrected chi connectivity index (χ3v) is 2.82. The summed E-state index contributed by atoms with van der Waals surface area (Å²) in [6, 6.07) is 0. The van der Waals surface area contributed by atoms with Crippen molar-refractivity contribution in [3.63, 3.8) is 0 Å². The Morgan fingerprint density at radius 1 is 1.69 bits per heavy atom. The molecule has 0 saturated carbocycles. The summed E-state index contributed by atoms with van der Waals surface area (Å²) in [6.07, 6.45) is 5.35. The maximum absolute atomic E-state index is 5.54. The van der Waals surface area contributed by atoms with E-state index in [4.69, 9.17) is 5.73 Å². The lowest BCUT2D eigenvalue weighted by molar-refractivity contribution is 0.414. The molecule has 1 unspecified atom stereocenters. The van der Waals surface area contributed by atoms with Gasteiger partial charge < -0.3 is 10.3 Å². The summed E-state index contributed by atoms with van der Waals surface area (Å²) >= 11 is 0. The molecule has 72 valence electrons. The predicted octanol–water partition coefficient (Wildman–Crippen LogP) is 0.967. The molecule has 0 fully saturated rings. The fourth-order valence-corrected chi connectivity index (χ4v) is 2.01. The molecule has 0 spiro atoms. The Morgan fingerprint density at radius 2 is 2.54 bits per heavy atom. The lowest BCUT2D eigenvalue weighted by atomic mass is 9.96. The third-order valence-electron chi connectivity index (χ3n) is 2.82. The van der Waals surface area contributed by atoms with E-state index >= 15 is 0 Å². The lowest BCUT2D eigenvalue weighted by Crippen LogP contribution is -2.18. The van der Waals surface area contributed by atoms with E-state index < -0.39 is 0 Å². The molecule has 1 aliphatic heterocycles. The van der Waals surface area contributed by atoms with Crippen molar-refractivity contribution in [2.24, 2.45) is 11.7 Å². The van der Waals surface area contributed by atoms with Crippen LogP contribution in [0.3, 0.4) is 0 Å². The van der Waals surface area contributed by atoms with E-state index in [-0.39, 0.29) is 0 Å². The molecule has 1 aliphatic rings. The molecule has 0 saturated heterocycles. The summed E-state index contributed by atoms with van der Waals surface area (Å²) < 4.78 is 2.28. The van der Waals surface area contributed by atoms with E-state index in [2.05, 4.69) is 16.5 Å². The molecule has 0 aromatic carbocycles. The van der Waals surface area contributed by atoms with Gasteiger partial charge in [0.05, 0.1) is 12.0 Å². The van der Waals surface area contributed by atoms with Gasteiger partial charge >= 0.3 is 0 Å². The molecule has 2 N–H and O–H groups in total. The summed E-state index contributed by atoms with van der Waals surface area (Å²) in [6.45, 7) is 4.15. The van der Waals surface area contributed by atoms with Gasteiger partial charge in [0, 0.05) is 18.7 Å². The maximum Gasteiger partial charge on any atom is 0.0951 e. The van der Waals surface area contributed by atoms with Crippen molar-refractivity contribution in [1.82, 2.24) is 9.55 Å². The molecule has 13 heavy (non-hydrogen) atoms. The minimum atomic E-state index is 0.707. The zero-order valence-corrected chi connectivity index (χ0v) is 8.16.